The van der Waals surface area contributed by atoms with E-state index in [-0.39, 0.29) is 30.7 Å². The Kier molecular flexibility index (Phi) is 7.99. The van der Waals surface area contributed by atoms with Crippen molar-refractivity contribution in [3.05, 3.63) is 18.2 Å². The average Bonchev–Trinajstić information content (AvgIpc) is 3.21. The van der Waals surface area contributed by atoms with Gasteiger partial charge in [0, 0.05) is 31.3 Å². The van der Waals surface area contributed by atoms with Crippen LogP contribution in [0, 0.1) is 5.92 Å². The van der Waals surface area contributed by atoms with Crippen molar-refractivity contribution < 1.29 is 23.9 Å². The number of methoxy groups -OCH3 is 2. The Labute approximate surface area is 190 Å². The third-order valence-electron chi connectivity index (χ3n) is 6.49. The van der Waals surface area contributed by atoms with Gasteiger partial charge in [0.2, 0.25) is 17.7 Å². The van der Waals surface area contributed by atoms with E-state index in [1.807, 2.05) is 0 Å². The fourth-order valence-corrected chi connectivity index (χ4v) is 4.58. The molecule has 0 aromatic heterocycles. The molecule has 1 heterocycles. The molecule has 2 N–H and O–H groups in total. The van der Waals surface area contributed by atoms with E-state index in [0.29, 0.717) is 36.6 Å². The number of anilines is 1. The highest BCUT2D eigenvalue weighted by atomic mass is 16.5. The lowest BCUT2D eigenvalue weighted by Crippen LogP contribution is -2.61. The van der Waals surface area contributed by atoms with Crippen LogP contribution in [-0.2, 0) is 14.4 Å². The third-order valence-corrected chi connectivity index (χ3v) is 6.49. The number of rotatable bonds is 9. The van der Waals surface area contributed by atoms with E-state index in [9.17, 15) is 14.4 Å². The number of amides is 3. The second-order valence-corrected chi connectivity index (χ2v) is 8.69. The van der Waals surface area contributed by atoms with E-state index in [1.165, 1.54) is 0 Å². The van der Waals surface area contributed by atoms with Crippen molar-refractivity contribution in [3.63, 3.8) is 0 Å². The van der Waals surface area contributed by atoms with Gasteiger partial charge in [-0.1, -0.05) is 32.6 Å². The summed E-state index contributed by atoms with van der Waals surface area (Å²) < 4.78 is 10.6. The number of nitrogens with one attached hydrogen (secondary N) is 2. The first-order valence-corrected chi connectivity index (χ1v) is 11.6. The molecule has 3 rings (SSSR count). The summed E-state index contributed by atoms with van der Waals surface area (Å²) in [7, 11) is 3.09. The van der Waals surface area contributed by atoms with Crippen LogP contribution in [0.3, 0.4) is 0 Å². The Morgan fingerprint density at radius 1 is 1.12 bits per heavy atom. The zero-order valence-electron chi connectivity index (χ0n) is 19.4. The number of hydrogen-bond acceptors (Lipinski definition) is 5. The highest BCUT2D eigenvalue weighted by Gasteiger charge is 2.44. The maximum atomic E-state index is 13.2. The van der Waals surface area contributed by atoms with E-state index < -0.39 is 11.5 Å². The smallest absolute Gasteiger partial charge is 0.245 e. The number of unbranched alkanes of at least 4 members (excludes halogenated alkanes) is 1. The van der Waals surface area contributed by atoms with Crippen molar-refractivity contribution in [2.24, 2.45) is 5.92 Å². The molecule has 2 fully saturated rings. The summed E-state index contributed by atoms with van der Waals surface area (Å²) >= 11 is 0. The summed E-state index contributed by atoms with van der Waals surface area (Å²) in [5.41, 5.74) is -0.212. The zero-order valence-corrected chi connectivity index (χ0v) is 19.4. The van der Waals surface area contributed by atoms with Crippen molar-refractivity contribution in [2.45, 2.75) is 63.8 Å². The number of benzene rings is 1. The fourth-order valence-electron chi connectivity index (χ4n) is 4.58. The Morgan fingerprint density at radius 3 is 2.50 bits per heavy atom. The highest BCUT2D eigenvalue weighted by molar-refractivity contribution is 6.01. The van der Waals surface area contributed by atoms with Gasteiger partial charge >= 0.3 is 0 Å². The Hall–Kier alpha value is -2.77. The molecule has 0 radical (unpaired) electrons. The predicted octanol–water partition coefficient (Wildman–Crippen LogP) is 2.79. The quantitative estimate of drug-likeness (QED) is 0.570. The molecule has 0 bridgehead atoms. The fraction of sp³-hybridized carbons (Fsp3) is 0.625. The van der Waals surface area contributed by atoms with Crippen LogP contribution < -0.4 is 25.0 Å². The summed E-state index contributed by atoms with van der Waals surface area (Å²) in [6, 6.07) is 5.26. The molecule has 1 atom stereocenters. The summed E-state index contributed by atoms with van der Waals surface area (Å²) in [4.78, 5) is 40.5. The standard InChI is InChI=1S/C24H35N3O5/c1-4-5-13-25-23(30)24(11-7-6-8-12-24)26-22(29)17-14-21(28)27(16-17)18-9-10-19(31-2)20(15-18)32-3/h9-10,15,17H,4-8,11-14,16H2,1-3H3,(H,25,30)(H,26,29). The molecule has 1 aromatic rings. The molecular weight excluding hydrogens is 410 g/mol. The van der Waals surface area contributed by atoms with E-state index in [2.05, 4.69) is 17.6 Å². The van der Waals surface area contributed by atoms with Gasteiger partial charge in [-0.2, -0.15) is 0 Å². The molecule has 176 valence electrons. The van der Waals surface area contributed by atoms with Gasteiger partial charge in [-0.15, -0.1) is 0 Å². The maximum Gasteiger partial charge on any atom is 0.245 e. The molecule has 2 aliphatic rings. The van der Waals surface area contributed by atoms with E-state index in [0.717, 1.165) is 32.1 Å². The number of hydrogen-bond donors (Lipinski definition) is 2. The SMILES string of the molecule is CCCCNC(=O)C1(NC(=O)C2CC(=O)N(c3ccc(OC)c(OC)c3)C2)CCCCC1. The van der Waals surface area contributed by atoms with Crippen LogP contribution >= 0.6 is 0 Å². The van der Waals surface area contributed by atoms with Gasteiger partial charge in [0.05, 0.1) is 20.1 Å². The maximum absolute atomic E-state index is 13.2. The zero-order chi connectivity index (χ0) is 23.1. The van der Waals surface area contributed by atoms with Gasteiger partial charge in [0.25, 0.3) is 0 Å². The molecule has 3 amide bonds. The van der Waals surface area contributed by atoms with E-state index >= 15 is 0 Å². The largest absolute Gasteiger partial charge is 0.493 e. The average molecular weight is 446 g/mol. The van der Waals surface area contributed by atoms with E-state index in [1.54, 1.807) is 37.3 Å². The second kappa shape index (κ2) is 10.7. The second-order valence-electron chi connectivity index (χ2n) is 8.69. The summed E-state index contributed by atoms with van der Waals surface area (Å²) in [5, 5.41) is 6.06. The Balaban J connectivity index is 1.70. The number of carbonyl (C=O) groups is 3. The molecule has 1 aliphatic carbocycles. The van der Waals surface area contributed by atoms with Crippen molar-refractivity contribution in [3.8, 4) is 11.5 Å². The molecule has 0 spiro atoms. The number of ether oxygens (including phenoxy) is 2. The topological polar surface area (TPSA) is 97.0 Å². The molecule has 32 heavy (non-hydrogen) atoms. The Morgan fingerprint density at radius 2 is 1.84 bits per heavy atom. The van der Waals surface area contributed by atoms with Gasteiger partial charge in [-0.05, 0) is 31.4 Å². The van der Waals surface area contributed by atoms with Crippen LogP contribution in [0.2, 0.25) is 0 Å². The van der Waals surface area contributed by atoms with Gasteiger partial charge in [0.15, 0.2) is 11.5 Å². The minimum atomic E-state index is -0.872. The normalized spacial score (nSPS) is 20.0. The molecule has 1 unspecified atom stereocenters. The molecule has 8 nitrogen and oxygen atoms in total. The highest BCUT2D eigenvalue weighted by Crippen LogP contribution is 2.35. The monoisotopic (exact) mass is 445 g/mol. The van der Waals surface area contributed by atoms with Crippen LogP contribution in [0.4, 0.5) is 5.69 Å². The van der Waals surface area contributed by atoms with Crippen molar-refractivity contribution in [1.29, 1.82) is 0 Å². The first-order valence-electron chi connectivity index (χ1n) is 11.6. The summed E-state index contributed by atoms with van der Waals surface area (Å²) in [5.74, 6) is 0.148. The minimum absolute atomic E-state index is 0.0972. The third kappa shape index (κ3) is 5.16. The summed E-state index contributed by atoms with van der Waals surface area (Å²) in [6.45, 7) is 2.96. The van der Waals surface area contributed by atoms with Crippen molar-refractivity contribution in [2.75, 3.05) is 32.2 Å². The number of nitrogens with zero attached hydrogens (tertiary/aromatic N) is 1. The van der Waals surface area contributed by atoms with Gasteiger partial charge in [-0.3, -0.25) is 14.4 Å². The van der Waals surface area contributed by atoms with Gasteiger partial charge < -0.3 is 25.0 Å². The first-order chi connectivity index (χ1) is 15.4. The van der Waals surface area contributed by atoms with Gasteiger partial charge in [-0.25, -0.2) is 0 Å². The lowest BCUT2D eigenvalue weighted by molar-refractivity contribution is -0.136. The van der Waals surface area contributed by atoms with Gasteiger partial charge in [0.1, 0.15) is 5.54 Å². The first kappa shape index (κ1) is 23.9. The number of carbonyl (C=O) groups excluding carboxylic acids is 3. The van der Waals surface area contributed by atoms with Crippen molar-refractivity contribution >= 4 is 23.4 Å². The molecule has 1 saturated carbocycles. The summed E-state index contributed by atoms with van der Waals surface area (Å²) in [6.07, 6.45) is 6.17. The molecular formula is C24H35N3O5. The minimum Gasteiger partial charge on any atom is -0.493 e. The lowest BCUT2D eigenvalue weighted by Gasteiger charge is -2.37. The van der Waals surface area contributed by atoms with Crippen LogP contribution in [0.1, 0.15) is 58.3 Å². The molecule has 1 saturated heterocycles. The van der Waals surface area contributed by atoms with Crippen LogP contribution in [-0.4, -0.2) is 50.6 Å². The van der Waals surface area contributed by atoms with Crippen LogP contribution in [0.5, 0.6) is 11.5 Å². The molecule has 8 heteroatoms. The molecule has 1 aliphatic heterocycles. The van der Waals surface area contributed by atoms with E-state index in [4.69, 9.17) is 9.47 Å². The van der Waals surface area contributed by atoms with Crippen LogP contribution in [0.15, 0.2) is 18.2 Å². The van der Waals surface area contributed by atoms with Crippen LogP contribution in [0.25, 0.3) is 0 Å². The predicted molar refractivity (Wildman–Crippen MR) is 122 cm³/mol. The lowest BCUT2D eigenvalue weighted by atomic mass is 9.80. The Bertz CT molecular complexity index is 835. The molecule has 1 aromatic carbocycles. The van der Waals surface area contributed by atoms with Crippen molar-refractivity contribution in [1.82, 2.24) is 10.6 Å².